The fourth-order valence-corrected chi connectivity index (χ4v) is 1.65. The van der Waals surface area contributed by atoms with Gasteiger partial charge in [0.2, 0.25) is 11.6 Å². The van der Waals surface area contributed by atoms with Crippen LogP contribution >= 0.6 is 0 Å². The summed E-state index contributed by atoms with van der Waals surface area (Å²) in [6, 6.07) is 3.02. The average molecular weight is 303 g/mol. The van der Waals surface area contributed by atoms with Gasteiger partial charge < -0.3 is 4.90 Å². The van der Waals surface area contributed by atoms with E-state index in [0.717, 1.165) is 0 Å². The molecule has 0 saturated carbocycles. The first-order valence-electron chi connectivity index (χ1n) is 6.13. The van der Waals surface area contributed by atoms with Gasteiger partial charge in [0.05, 0.1) is 4.92 Å². The molecule has 0 aromatic carbocycles. The van der Waals surface area contributed by atoms with E-state index in [2.05, 4.69) is 25.8 Å². The number of nitrogens with zero attached hydrogens (tertiary/aromatic N) is 5. The third-order valence-electron chi connectivity index (χ3n) is 2.65. The monoisotopic (exact) mass is 303 g/mol. The van der Waals surface area contributed by atoms with E-state index in [1.54, 1.807) is 14.1 Å². The lowest BCUT2D eigenvalue weighted by Crippen LogP contribution is -2.30. The quantitative estimate of drug-likeness (QED) is 0.607. The predicted octanol–water partition coefficient (Wildman–Crippen LogP) is 0.603. The highest BCUT2D eigenvalue weighted by molar-refractivity contribution is 5.94. The Morgan fingerprint density at radius 3 is 2.55 bits per heavy atom. The lowest BCUT2D eigenvalue weighted by atomic mass is 10.3. The molecule has 0 aliphatic rings. The van der Waals surface area contributed by atoms with E-state index in [-0.39, 0.29) is 17.3 Å². The van der Waals surface area contributed by atoms with E-state index in [1.807, 2.05) is 0 Å². The first-order chi connectivity index (χ1) is 10.5. The largest absolute Gasteiger partial charge is 0.357 e. The summed E-state index contributed by atoms with van der Waals surface area (Å²) >= 11 is 0. The number of rotatable bonds is 5. The number of aromatic nitrogens is 3. The van der Waals surface area contributed by atoms with Crippen molar-refractivity contribution in [3.05, 3.63) is 46.5 Å². The SMILES string of the molecule is CN(C)c1ncnc(NNC(=O)c2ccncc2)c1[N+](=O)[O-]. The Bertz CT molecular complexity index is 690. The van der Waals surface area contributed by atoms with Gasteiger partial charge in [0, 0.05) is 32.1 Å². The molecule has 0 saturated heterocycles. The van der Waals surface area contributed by atoms with Gasteiger partial charge in [0.15, 0.2) is 0 Å². The third kappa shape index (κ3) is 3.23. The third-order valence-corrected chi connectivity index (χ3v) is 2.65. The van der Waals surface area contributed by atoms with E-state index < -0.39 is 10.8 Å². The summed E-state index contributed by atoms with van der Waals surface area (Å²) in [7, 11) is 3.24. The molecule has 2 N–H and O–H groups in total. The zero-order chi connectivity index (χ0) is 16.1. The van der Waals surface area contributed by atoms with Gasteiger partial charge in [0.1, 0.15) is 6.33 Å². The van der Waals surface area contributed by atoms with Crippen molar-refractivity contribution in [1.82, 2.24) is 20.4 Å². The van der Waals surface area contributed by atoms with Crippen molar-refractivity contribution < 1.29 is 9.72 Å². The molecular formula is C12H13N7O3. The van der Waals surface area contributed by atoms with Crippen LogP contribution in [0.15, 0.2) is 30.9 Å². The maximum Gasteiger partial charge on any atom is 0.355 e. The van der Waals surface area contributed by atoms with E-state index in [0.29, 0.717) is 5.56 Å². The number of anilines is 2. The van der Waals surface area contributed by atoms with E-state index in [1.165, 1.54) is 35.8 Å². The molecule has 0 spiro atoms. The highest BCUT2D eigenvalue weighted by atomic mass is 16.6. The van der Waals surface area contributed by atoms with Crippen LogP contribution in [-0.4, -0.2) is 39.9 Å². The van der Waals surface area contributed by atoms with Crippen LogP contribution in [0.1, 0.15) is 10.4 Å². The van der Waals surface area contributed by atoms with Crippen LogP contribution in [0.3, 0.4) is 0 Å². The Kier molecular flexibility index (Phi) is 4.41. The second-order valence-electron chi connectivity index (χ2n) is 4.36. The van der Waals surface area contributed by atoms with Gasteiger partial charge in [0.25, 0.3) is 5.91 Å². The number of hydrogen-bond acceptors (Lipinski definition) is 8. The fourth-order valence-electron chi connectivity index (χ4n) is 1.65. The number of hydrazine groups is 1. The number of nitrogens with one attached hydrogen (secondary N) is 2. The molecule has 0 bridgehead atoms. The van der Waals surface area contributed by atoms with Crippen LogP contribution in [0.25, 0.3) is 0 Å². The number of hydrogen-bond donors (Lipinski definition) is 2. The molecule has 2 rings (SSSR count). The van der Waals surface area contributed by atoms with E-state index in [4.69, 9.17) is 0 Å². The number of carbonyl (C=O) groups excluding carboxylic acids is 1. The minimum atomic E-state index is -0.615. The second kappa shape index (κ2) is 6.43. The summed E-state index contributed by atoms with van der Waals surface area (Å²) in [4.78, 5) is 35.4. The Morgan fingerprint density at radius 2 is 1.95 bits per heavy atom. The minimum absolute atomic E-state index is 0.105. The summed E-state index contributed by atoms with van der Waals surface area (Å²) < 4.78 is 0. The van der Waals surface area contributed by atoms with Crippen LogP contribution in [-0.2, 0) is 0 Å². The lowest BCUT2D eigenvalue weighted by molar-refractivity contribution is -0.383. The molecular weight excluding hydrogens is 290 g/mol. The van der Waals surface area contributed by atoms with Crippen LogP contribution in [0.5, 0.6) is 0 Å². The van der Waals surface area contributed by atoms with E-state index in [9.17, 15) is 14.9 Å². The molecule has 2 aromatic heterocycles. The first kappa shape index (κ1) is 15.1. The Morgan fingerprint density at radius 1 is 1.27 bits per heavy atom. The summed E-state index contributed by atoms with van der Waals surface area (Å²) in [6.45, 7) is 0. The molecule has 0 aliphatic carbocycles. The molecule has 0 atom stereocenters. The summed E-state index contributed by atoms with van der Waals surface area (Å²) in [6.07, 6.45) is 4.10. The average Bonchev–Trinajstić information content (AvgIpc) is 2.52. The first-order valence-corrected chi connectivity index (χ1v) is 6.13. The highest BCUT2D eigenvalue weighted by Gasteiger charge is 2.24. The van der Waals surface area contributed by atoms with Crippen LogP contribution in [0.4, 0.5) is 17.3 Å². The van der Waals surface area contributed by atoms with Gasteiger partial charge in [-0.25, -0.2) is 9.97 Å². The van der Waals surface area contributed by atoms with Crippen molar-refractivity contribution >= 4 is 23.2 Å². The fraction of sp³-hybridized carbons (Fsp3) is 0.167. The summed E-state index contributed by atoms with van der Waals surface area (Å²) in [5.74, 6) is -0.450. The molecule has 2 aromatic rings. The lowest BCUT2D eigenvalue weighted by Gasteiger charge is -2.13. The number of amides is 1. The molecule has 10 heteroatoms. The van der Waals surface area contributed by atoms with Gasteiger partial charge in [-0.05, 0) is 12.1 Å². The van der Waals surface area contributed by atoms with Crippen molar-refractivity contribution in [1.29, 1.82) is 0 Å². The van der Waals surface area contributed by atoms with Crippen molar-refractivity contribution in [3.63, 3.8) is 0 Å². The Balaban J connectivity index is 2.21. The van der Waals surface area contributed by atoms with Crippen LogP contribution in [0.2, 0.25) is 0 Å². The van der Waals surface area contributed by atoms with Gasteiger partial charge in [-0.3, -0.25) is 30.7 Å². The smallest absolute Gasteiger partial charge is 0.355 e. The molecule has 1 amide bonds. The van der Waals surface area contributed by atoms with Crippen LogP contribution in [0, 0.1) is 10.1 Å². The van der Waals surface area contributed by atoms with Crippen molar-refractivity contribution in [2.24, 2.45) is 0 Å². The van der Waals surface area contributed by atoms with Gasteiger partial charge in [-0.1, -0.05) is 0 Å². The number of nitro groups is 1. The molecule has 10 nitrogen and oxygen atoms in total. The molecule has 0 radical (unpaired) electrons. The topological polar surface area (TPSA) is 126 Å². The highest BCUT2D eigenvalue weighted by Crippen LogP contribution is 2.29. The van der Waals surface area contributed by atoms with Crippen molar-refractivity contribution in [2.45, 2.75) is 0 Å². The standard InChI is InChI=1S/C12H13N7O3/c1-18(2)11-9(19(21)22)10(14-7-15-11)16-17-12(20)8-3-5-13-6-4-8/h3-7H,1-2H3,(H,17,20)(H,14,15,16). The number of pyridine rings is 1. The Hall–Kier alpha value is -3.30. The molecule has 114 valence electrons. The zero-order valence-corrected chi connectivity index (χ0v) is 11.8. The van der Waals surface area contributed by atoms with E-state index >= 15 is 0 Å². The predicted molar refractivity (Wildman–Crippen MR) is 78.3 cm³/mol. The molecule has 0 aliphatic heterocycles. The van der Waals surface area contributed by atoms with Gasteiger partial charge >= 0.3 is 5.69 Å². The normalized spacial score (nSPS) is 9.91. The minimum Gasteiger partial charge on any atom is -0.357 e. The van der Waals surface area contributed by atoms with Crippen molar-refractivity contribution in [3.8, 4) is 0 Å². The molecule has 2 heterocycles. The zero-order valence-electron chi connectivity index (χ0n) is 11.8. The Labute approximate surface area is 125 Å². The summed E-state index contributed by atoms with van der Waals surface area (Å²) in [5.41, 5.74) is 4.82. The van der Waals surface area contributed by atoms with Crippen LogP contribution < -0.4 is 15.8 Å². The maximum absolute atomic E-state index is 11.9. The van der Waals surface area contributed by atoms with Crippen molar-refractivity contribution in [2.75, 3.05) is 24.4 Å². The molecule has 22 heavy (non-hydrogen) atoms. The van der Waals surface area contributed by atoms with Gasteiger partial charge in [-0.15, -0.1) is 0 Å². The molecule has 0 fully saturated rings. The molecule has 0 unspecified atom stereocenters. The second-order valence-corrected chi connectivity index (χ2v) is 4.36. The summed E-state index contributed by atoms with van der Waals surface area (Å²) in [5, 5.41) is 11.2. The number of carbonyl (C=O) groups is 1. The van der Waals surface area contributed by atoms with Gasteiger partial charge in [-0.2, -0.15) is 0 Å². The maximum atomic E-state index is 11.9.